The van der Waals surface area contributed by atoms with Crippen LogP contribution >= 0.6 is 12.1 Å². The summed E-state index contributed by atoms with van der Waals surface area (Å²) in [6, 6.07) is 7.49. The van der Waals surface area contributed by atoms with E-state index in [-0.39, 0.29) is 29.8 Å². The van der Waals surface area contributed by atoms with E-state index in [4.69, 9.17) is 4.74 Å². The number of halogens is 1. The summed E-state index contributed by atoms with van der Waals surface area (Å²) in [5.41, 5.74) is 0.969. The first-order chi connectivity index (χ1) is 8.72. The van der Waals surface area contributed by atoms with Crippen LogP contribution < -0.4 is 0 Å². The molecule has 1 aromatic rings. The molecule has 1 spiro atoms. The van der Waals surface area contributed by atoms with Crippen LogP contribution in [0.3, 0.4) is 0 Å². The van der Waals surface area contributed by atoms with E-state index in [1.165, 1.54) is 0 Å². The molecular formula is C14H17FO2S. The Hall–Kier alpha value is -0.580. The number of aliphatic hydroxyl groups excluding tert-OH is 1. The van der Waals surface area contributed by atoms with Gasteiger partial charge < -0.3 is 9.84 Å². The molecular weight excluding hydrogens is 251 g/mol. The van der Waals surface area contributed by atoms with E-state index in [0.29, 0.717) is 4.90 Å². The summed E-state index contributed by atoms with van der Waals surface area (Å²) in [6.45, 7) is 0.998. The van der Waals surface area contributed by atoms with Crippen molar-refractivity contribution < 1.29 is 13.7 Å². The number of aliphatic hydroxyl groups is 1. The first-order valence-corrected chi connectivity index (χ1v) is 7.08. The van der Waals surface area contributed by atoms with E-state index in [2.05, 4.69) is 0 Å². The molecule has 1 aliphatic carbocycles. The van der Waals surface area contributed by atoms with Crippen molar-refractivity contribution in [1.82, 2.24) is 0 Å². The topological polar surface area (TPSA) is 32.8 Å². The quantitative estimate of drug-likeness (QED) is 0.854. The van der Waals surface area contributed by atoms with Gasteiger partial charge in [0.05, 0.1) is 31.0 Å². The van der Waals surface area contributed by atoms with Gasteiger partial charge in [0.25, 0.3) is 0 Å². The van der Waals surface area contributed by atoms with E-state index < -0.39 is 0 Å². The van der Waals surface area contributed by atoms with Crippen molar-refractivity contribution in [1.29, 1.82) is 0 Å². The summed E-state index contributed by atoms with van der Waals surface area (Å²) in [7, 11) is 0. The molecule has 1 saturated heterocycles. The Balaban J connectivity index is 1.86. The Labute approximate surface area is 111 Å². The normalized spacial score (nSPS) is 34.8. The highest BCUT2D eigenvalue weighted by atomic mass is 32.2. The zero-order chi connectivity index (χ0) is 12.6. The minimum Gasteiger partial charge on any atom is -0.395 e. The molecule has 2 nitrogen and oxygen atoms in total. The maximum Gasteiger partial charge on any atom is 0.0917 e. The maximum absolute atomic E-state index is 12.7. The highest BCUT2D eigenvalue weighted by Crippen LogP contribution is 2.49. The highest BCUT2D eigenvalue weighted by molar-refractivity contribution is 7.94. The molecule has 98 valence electrons. The van der Waals surface area contributed by atoms with Crippen LogP contribution in [0.2, 0.25) is 0 Å². The molecule has 4 heteroatoms. The van der Waals surface area contributed by atoms with Crippen molar-refractivity contribution >= 4 is 12.1 Å². The van der Waals surface area contributed by atoms with Gasteiger partial charge in [-0.1, -0.05) is 12.1 Å². The van der Waals surface area contributed by atoms with Crippen molar-refractivity contribution in [2.45, 2.75) is 41.6 Å². The third-order valence-electron chi connectivity index (χ3n) is 4.51. The van der Waals surface area contributed by atoms with Crippen molar-refractivity contribution in [3.05, 3.63) is 29.8 Å². The number of epoxide rings is 1. The number of hydrogen-bond donors (Lipinski definition) is 1. The molecule has 0 aromatic heterocycles. The Morgan fingerprint density at radius 2 is 2.00 bits per heavy atom. The molecule has 2 aliphatic rings. The first-order valence-electron chi connectivity index (χ1n) is 6.36. The largest absolute Gasteiger partial charge is 0.395 e. The fraction of sp³-hybridized carbons (Fsp3) is 0.571. The number of rotatable bonds is 3. The van der Waals surface area contributed by atoms with E-state index in [1.807, 2.05) is 18.2 Å². The van der Waals surface area contributed by atoms with Gasteiger partial charge in [0.1, 0.15) is 0 Å². The van der Waals surface area contributed by atoms with E-state index in [0.717, 1.165) is 37.9 Å². The Morgan fingerprint density at radius 3 is 2.56 bits per heavy atom. The van der Waals surface area contributed by atoms with Crippen LogP contribution in [-0.4, -0.2) is 23.9 Å². The Kier molecular flexibility index (Phi) is 3.12. The smallest absolute Gasteiger partial charge is 0.0917 e. The average Bonchev–Trinajstić information content (AvgIpc) is 3.20. The molecule has 0 bridgehead atoms. The molecule has 1 saturated carbocycles. The summed E-state index contributed by atoms with van der Waals surface area (Å²) in [6.07, 6.45) is 3.84. The van der Waals surface area contributed by atoms with Gasteiger partial charge in [-0.2, -0.15) is 3.89 Å². The monoisotopic (exact) mass is 268 g/mol. The Bertz CT molecular complexity index is 435. The lowest BCUT2D eigenvalue weighted by Crippen LogP contribution is -2.38. The van der Waals surface area contributed by atoms with Crippen LogP contribution in [0.4, 0.5) is 3.89 Å². The predicted molar refractivity (Wildman–Crippen MR) is 69.3 cm³/mol. The zero-order valence-electron chi connectivity index (χ0n) is 10.2. The molecule has 1 heterocycles. The van der Waals surface area contributed by atoms with Crippen LogP contribution in [0, 0.1) is 0 Å². The number of hydrogen-bond acceptors (Lipinski definition) is 3. The van der Waals surface area contributed by atoms with E-state index >= 15 is 0 Å². The lowest BCUT2D eigenvalue weighted by molar-refractivity contribution is 0.111. The van der Waals surface area contributed by atoms with Crippen LogP contribution in [0.15, 0.2) is 29.2 Å². The van der Waals surface area contributed by atoms with Gasteiger partial charge in [-0.25, -0.2) is 0 Å². The van der Waals surface area contributed by atoms with Crippen LogP contribution in [0.25, 0.3) is 0 Å². The molecule has 0 unspecified atom stereocenters. The van der Waals surface area contributed by atoms with E-state index in [1.54, 1.807) is 6.07 Å². The second-order valence-electron chi connectivity index (χ2n) is 5.52. The van der Waals surface area contributed by atoms with Gasteiger partial charge in [-0.3, -0.25) is 0 Å². The Morgan fingerprint density at radius 1 is 1.28 bits per heavy atom. The molecule has 0 atom stereocenters. The average molecular weight is 268 g/mol. The summed E-state index contributed by atoms with van der Waals surface area (Å²) in [5, 5.41) is 9.81. The summed E-state index contributed by atoms with van der Waals surface area (Å²) < 4.78 is 18.2. The minimum atomic E-state index is -0.205. The molecule has 0 radical (unpaired) electrons. The van der Waals surface area contributed by atoms with Gasteiger partial charge in [0.2, 0.25) is 0 Å². The molecule has 1 aromatic carbocycles. The van der Waals surface area contributed by atoms with Crippen molar-refractivity contribution in [2.24, 2.45) is 0 Å². The second-order valence-corrected chi connectivity index (χ2v) is 6.14. The van der Waals surface area contributed by atoms with Gasteiger partial charge in [-0.05, 0) is 43.4 Å². The molecule has 18 heavy (non-hydrogen) atoms. The van der Waals surface area contributed by atoms with Crippen LogP contribution in [-0.2, 0) is 10.2 Å². The SMILES string of the molecule is OCC1(c2cccc(SF)c2)CCC2(CC1)CO2. The zero-order valence-corrected chi connectivity index (χ0v) is 11.0. The van der Waals surface area contributed by atoms with Crippen LogP contribution in [0.5, 0.6) is 0 Å². The fourth-order valence-electron chi connectivity index (χ4n) is 2.99. The van der Waals surface area contributed by atoms with Crippen molar-refractivity contribution in [3.8, 4) is 0 Å². The van der Waals surface area contributed by atoms with Gasteiger partial charge in [0.15, 0.2) is 0 Å². The molecule has 2 fully saturated rings. The van der Waals surface area contributed by atoms with Crippen LogP contribution in [0.1, 0.15) is 31.2 Å². The van der Waals surface area contributed by atoms with Crippen molar-refractivity contribution in [3.63, 3.8) is 0 Å². The second kappa shape index (κ2) is 4.51. The number of ether oxygens (including phenoxy) is 1. The predicted octanol–water partition coefficient (Wildman–Crippen LogP) is 3.24. The minimum absolute atomic E-state index is 0.116. The van der Waals surface area contributed by atoms with Crippen molar-refractivity contribution in [2.75, 3.05) is 13.2 Å². The lowest BCUT2D eigenvalue weighted by Gasteiger charge is -2.38. The third-order valence-corrected chi connectivity index (χ3v) is 4.94. The fourth-order valence-corrected chi connectivity index (χ4v) is 3.29. The lowest BCUT2D eigenvalue weighted by atomic mass is 9.67. The third kappa shape index (κ3) is 2.06. The van der Waals surface area contributed by atoms with E-state index in [9.17, 15) is 8.99 Å². The first kappa shape index (κ1) is 12.5. The van der Waals surface area contributed by atoms with Gasteiger partial charge in [0, 0.05) is 10.3 Å². The highest BCUT2D eigenvalue weighted by Gasteiger charge is 2.51. The molecule has 3 rings (SSSR count). The summed E-state index contributed by atoms with van der Waals surface area (Å²) >= 11 is 0.262. The summed E-state index contributed by atoms with van der Waals surface area (Å²) in [4.78, 5) is 0.614. The van der Waals surface area contributed by atoms with Gasteiger partial charge in [-0.15, -0.1) is 0 Å². The molecule has 1 N–H and O–H groups in total. The maximum atomic E-state index is 12.7. The van der Waals surface area contributed by atoms with Gasteiger partial charge >= 0.3 is 0 Å². The summed E-state index contributed by atoms with van der Waals surface area (Å²) in [5.74, 6) is 0. The molecule has 0 amide bonds. The molecule has 1 aliphatic heterocycles. The standard InChI is InChI=1S/C14H17FO2S/c15-18-12-3-1-2-11(8-12)13(9-16)4-6-14(7-5-13)10-17-14/h1-3,8,16H,4-7,9-10H2. The number of benzene rings is 1.